The zero-order valence-corrected chi connectivity index (χ0v) is 25.8. The first-order chi connectivity index (χ1) is 21.8. The van der Waals surface area contributed by atoms with E-state index in [0.717, 1.165) is 31.2 Å². The Morgan fingerprint density at radius 1 is 1.11 bits per heavy atom. The van der Waals surface area contributed by atoms with E-state index in [4.69, 9.17) is 33.0 Å². The minimum Gasteiger partial charge on any atom is -0.478 e. The Bertz CT molecular complexity index is 1870. The fraction of sp³-hybridized carbons (Fsp3) is 0.382. The molecule has 1 saturated heterocycles. The number of nitrogens with one attached hydrogen (secondary N) is 1. The number of ether oxygens (including phenoxy) is 1. The highest BCUT2D eigenvalue weighted by Crippen LogP contribution is 2.61. The molecule has 4 atom stereocenters. The summed E-state index contributed by atoms with van der Waals surface area (Å²) in [4.78, 5) is 28.6. The number of aromatic nitrogens is 2. The predicted octanol–water partition coefficient (Wildman–Crippen LogP) is 7.08. The van der Waals surface area contributed by atoms with Crippen molar-refractivity contribution in [2.75, 3.05) is 18.5 Å². The van der Waals surface area contributed by atoms with Crippen LogP contribution >= 0.6 is 23.2 Å². The van der Waals surface area contributed by atoms with Crippen molar-refractivity contribution in [3.63, 3.8) is 0 Å². The molecule has 4 aliphatic rings. The SMILES string of the molecule is O=C(O)c1ccc2c3n(nc2c1)C[C@@H]1[C@H](CO3)N(CC2CCCCC2)[C@@]2(C(=O)Nc3cc(Cl)ccc32)[C@H]1c1cccc(Cl)c1F. The summed E-state index contributed by atoms with van der Waals surface area (Å²) in [5.74, 6) is -1.86. The number of rotatable bonds is 4. The Morgan fingerprint density at radius 3 is 2.73 bits per heavy atom. The number of fused-ring (bicyclic) bond motifs is 6. The van der Waals surface area contributed by atoms with Crippen LogP contribution < -0.4 is 10.1 Å². The first-order valence-corrected chi connectivity index (χ1v) is 16.2. The summed E-state index contributed by atoms with van der Waals surface area (Å²) in [6, 6.07) is 15.0. The monoisotopic (exact) mass is 648 g/mol. The lowest BCUT2D eigenvalue weighted by Gasteiger charge is -2.42. The topological polar surface area (TPSA) is 96.7 Å². The van der Waals surface area contributed by atoms with E-state index in [-0.39, 0.29) is 35.1 Å². The van der Waals surface area contributed by atoms with Crippen molar-refractivity contribution < 1.29 is 23.8 Å². The normalized spacial score (nSPS) is 26.3. The standard InChI is InChI=1S/C34H31Cl2FN4O4/c35-20-10-12-24-27(14-20)38-33(44)34(24)29(22-7-4-8-25(36)30(22)37)23-16-41-31(21-11-9-19(32(42)43)13-26(21)39-41)45-17-28(23)40(34)15-18-5-2-1-3-6-18/h4,7-14,18,23,28-29H,1-3,5-6,15-17H2,(H,38,44)(H,42,43)/t23-,28+,29+,34-/m1/s1. The fourth-order valence-electron chi connectivity index (χ4n) is 8.56. The third-order valence-corrected chi connectivity index (χ3v) is 10.9. The second-order valence-electron chi connectivity index (χ2n) is 12.8. The summed E-state index contributed by atoms with van der Waals surface area (Å²) in [6.07, 6.45) is 5.61. The molecule has 4 aromatic rings. The number of benzene rings is 3. The number of nitrogens with zero attached hydrogens (tertiary/aromatic N) is 3. The summed E-state index contributed by atoms with van der Waals surface area (Å²) in [7, 11) is 0. The molecule has 2 N–H and O–H groups in total. The van der Waals surface area contributed by atoms with Crippen LogP contribution in [0.15, 0.2) is 54.6 Å². The quantitative estimate of drug-likeness (QED) is 0.245. The summed E-state index contributed by atoms with van der Waals surface area (Å²) < 4.78 is 24.6. The molecule has 1 spiro atoms. The molecule has 0 radical (unpaired) electrons. The van der Waals surface area contributed by atoms with Gasteiger partial charge in [-0.3, -0.25) is 9.69 Å². The van der Waals surface area contributed by atoms with Crippen LogP contribution in [-0.2, 0) is 16.9 Å². The second-order valence-corrected chi connectivity index (χ2v) is 13.6. The van der Waals surface area contributed by atoms with Crippen LogP contribution in [-0.4, -0.2) is 50.9 Å². The van der Waals surface area contributed by atoms with Gasteiger partial charge in [0, 0.05) is 41.2 Å². The van der Waals surface area contributed by atoms with Crippen LogP contribution in [0.2, 0.25) is 10.0 Å². The number of aromatic carboxylic acids is 1. The number of carbonyl (C=O) groups excluding carboxylic acids is 1. The third-order valence-electron chi connectivity index (χ3n) is 10.4. The van der Waals surface area contributed by atoms with E-state index in [9.17, 15) is 14.7 Å². The molecular formula is C34H31Cl2FN4O4. The third kappa shape index (κ3) is 4.31. The molecule has 232 valence electrons. The molecule has 1 saturated carbocycles. The Morgan fingerprint density at radius 2 is 1.93 bits per heavy atom. The molecule has 0 bridgehead atoms. The first kappa shape index (κ1) is 28.8. The van der Waals surface area contributed by atoms with Gasteiger partial charge in [0.1, 0.15) is 18.0 Å². The molecule has 45 heavy (non-hydrogen) atoms. The summed E-state index contributed by atoms with van der Waals surface area (Å²) in [5, 5.41) is 18.7. The minimum absolute atomic E-state index is 0.00347. The number of carbonyl (C=O) groups is 2. The Labute approximate surface area is 269 Å². The average Bonchev–Trinajstić information content (AvgIpc) is 3.55. The van der Waals surface area contributed by atoms with E-state index in [0.29, 0.717) is 52.1 Å². The largest absolute Gasteiger partial charge is 0.478 e. The van der Waals surface area contributed by atoms with Crippen molar-refractivity contribution in [1.82, 2.24) is 14.7 Å². The van der Waals surface area contributed by atoms with Gasteiger partial charge >= 0.3 is 5.97 Å². The molecule has 11 heteroatoms. The molecule has 3 aliphatic heterocycles. The lowest BCUT2D eigenvalue weighted by molar-refractivity contribution is -0.128. The van der Waals surface area contributed by atoms with Crippen LogP contribution in [0.5, 0.6) is 5.88 Å². The van der Waals surface area contributed by atoms with Crippen LogP contribution in [0, 0.1) is 17.7 Å². The van der Waals surface area contributed by atoms with Gasteiger partial charge in [0.15, 0.2) is 0 Å². The van der Waals surface area contributed by atoms with E-state index >= 15 is 4.39 Å². The van der Waals surface area contributed by atoms with Crippen LogP contribution in [0.4, 0.5) is 10.1 Å². The molecule has 1 aromatic heterocycles. The molecule has 8 nitrogen and oxygen atoms in total. The van der Waals surface area contributed by atoms with Gasteiger partial charge in [-0.25, -0.2) is 13.9 Å². The Balaban J connectivity index is 1.35. The van der Waals surface area contributed by atoms with Crippen LogP contribution in [0.3, 0.4) is 0 Å². The number of halogens is 3. The number of likely N-dealkylation sites (tertiary alicyclic amines) is 1. The molecule has 1 aliphatic carbocycles. The lowest BCUT2D eigenvalue weighted by Crippen LogP contribution is -2.54. The van der Waals surface area contributed by atoms with Gasteiger partial charge in [0.05, 0.1) is 27.5 Å². The summed E-state index contributed by atoms with van der Waals surface area (Å²) in [5.41, 5.74) is 1.14. The van der Waals surface area contributed by atoms with E-state index in [1.165, 1.54) is 18.6 Å². The van der Waals surface area contributed by atoms with Crippen molar-refractivity contribution in [2.24, 2.45) is 11.8 Å². The maximum Gasteiger partial charge on any atom is 0.335 e. The lowest BCUT2D eigenvalue weighted by atomic mass is 9.71. The summed E-state index contributed by atoms with van der Waals surface area (Å²) in [6.45, 7) is 1.23. The zero-order valence-electron chi connectivity index (χ0n) is 24.3. The molecule has 1 amide bonds. The summed E-state index contributed by atoms with van der Waals surface area (Å²) >= 11 is 12.8. The number of carboxylic acid groups (broad SMARTS) is 1. The molecule has 8 rings (SSSR count). The second kappa shape index (κ2) is 10.7. The van der Waals surface area contributed by atoms with Crippen LogP contribution in [0.1, 0.15) is 59.5 Å². The fourth-order valence-corrected chi connectivity index (χ4v) is 8.91. The molecule has 0 unspecified atom stereocenters. The molecule has 2 fully saturated rings. The number of anilines is 1. The van der Waals surface area contributed by atoms with Crippen molar-refractivity contribution in [2.45, 2.75) is 56.1 Å². The van der Waals surface area contributed by atoms with Crippen molar-refractivity contribution in [1.29, 1.82) is 0 Å². The predicted molar refractivity (Wildman–Crippen MR) is 169 cm³/mol. The number of carboxylic acids is 1. The van der Waals surface area contributed by atoms with Crippen molar-refractivity contribution in [3.8, 4) is 5.88 Å². The Hall–Kier alpha value is -3.66. The van der Waals surface area contributed by atoms with Gasteiger partial charge in [-0.05, 0) is 60.7 Å². The van der Waals surface area contributed by atoms with Gasteiger partial charge in [-0.2, -0.15) is 5.10 Å². The van der Waals surface area contributed by atoms with E-state index in [1.807, 2.05) is 6.07 Å². The van der Waals surface area contributed by atoms with Gasteiger partial charge in [0.25, 0.3) is 0 Å². The smallest absolute Gasteiger partial charge is 0.335 e. The Kier molecular flexibility index (Phi) is 6.85. The average molecular weight is 650 g/mol. The van der Waals surface area contributed by atoms with Gasteiger partial charge in [0.2, 0.25) is 11.8 Å². The minimum atomic E-state index is -1.25. The van der Waals surface area contributed by atoms with Crippen molar-refractivity contribution in [3.05, 3.63) is 87.2 Å². The molecular weight excluding hydrogens is 618 g/mol. The first-order valence-electron chi connectivity index (χ1n) is 15.5. The van der Waals surface area contributed by atoms with Gasteiger partial charge in [-0.1, -0.05) is 60.7 Å². The molecule has 3 aromatic carbocycles. The number of hydrogen-bond donors (Lipinski definition) is 2. The van der Waals surface area contributed by atoms with Gasteiger partial charge in [-0.15, -0.1) is 0 Å². The highest BCUT2D eigenvalue weighted by Gasteiger charge is 2.67. The van der Waals surface area contributed by atoms with E-state index < -0.39 is 23.2 Å². The van der Waals surface area contributed by atoms with E-state index in [1.54, 1.807) is 41.1 Å². The van der Waals surface area contributed by atoms with Crippen molar-refractivity contribution >= 4 is 51.7 Å². The maximum absolute atomic E-state index is 16.3. The van der Waals surface area contributed by atoms with Gasteiger partial charge < -0.3 is 15.2 Å². The maximum atomic E-state index is 16.3. The highest BCUT2D eigenvalue weighted by molar-refractivity contribution is 6.31. The molecule has 4 heterocycles. The number of hydrogen-bond acceptors (Lipinski definition) is 5. The number of amides is 1. The zero-order chi connectivity index (χ0) is 31.0. The van der Waals surface area contributed by atoms with Crippen LogP contribution in [0.25, 0.3) is 10.9 Å². The highest BCUT2D eigenvalue weighted by atomic mass is 35.5. The van der Waals surface area contributed by atoms with E-state index in [2.05, 4.69) is 10.2 Å².